The van der Waals surface area contributed by atoms with Crippen LogP contribution >= 0.6 is 23.2 Å². The SMILES string of the molecule is COc1cc(NC(=O)C(N=Nc2cc(C)ccc2Cl)C(C)=O)cc(OC)c1Cl. The quantitative estimate of drug-likeness (QED) is 0.501. The summed E-state index contributed by atoms with van der Waals surface area (Å²) in [5, 5.41) is 11.1. The first kappa shape index (κ1) is 21.7. The summed E-state index contributed by atoms with van der Waals surface area (Å²) in [5.41, 5.74) is 1.62. The van der Waals surface area contributed by atoms with Crippen LogP contribution in [-0.4, -0.2) is 32.0 Å². The number of Topliss-reactive ketones (excluding diaryl/α,β-unsaturated/α-hetero) is 1. The molecule has 9 heteroatoms. The normalized spacial score (nSPS) is 11.9. The second-order valence-electron chi connectivity index (χ2n) is 5.87. The predicted molar refractivity (Wildman–Crippen MR) is 108 cm³/mol. The van der Waals surface area contributed by atoms with Gasteiger partial charge < -0.3 is 14.8 Å². The van der Waals surface area contributed by atoms with Gasteiger partial charge in [-0.15, -0.1) is 0 Å². The number of rotatable bonds is 7. The lowest BCUT2D eigenvalue weighted by Gasteiger charge is -2.13. The van der Waals surface area contributed by atoms with Crippen LogP contribution in [0.5, 0.6) is 11.5 Å². The van der Waals surface area contributed by atoms with E-state index in [2.05, 4.69) is 15.5 Å². The summed E-state index contributed by atoms with van der Waals surface area (Å²) in [6, 6.07) is 6.86. The van der Waals surface area contributed by atoms with E-state index >= 15 is 0 Å². The molecule has 1 amide bonds. The molecule has 0 bridgehead atoms. The Morgan fingerprint density at radius 3 is 2.21 bits per heavy atom. The van der Waals surface area contributed by atoms with E-state index in [1.165, 1.54) is 33.3 Å². The van der Waals surface area contributed by atoms with Crippen molar-refractivity contribution in [2.24, 2.45) is 10.2 Å². The van der Waals surface area contributed by atoms with Crippen LogP contribution in [0.3, 0.4) is 0 Å². The molecule has 0 saturated heterocycles. The van der Waals surface area contributed by atoms with Crippen LogP contribution in [0.15, 0.2) is 40.6 Å². The lowest BCUT2D eigenvalue weighted by atomic mass is 10.2. The molecule has 0 heterocycles. The number of halogens is 2. The molecule has 0 saturated carbocycles. The molecular formula is C19H19Cl2N3O4. The predicted octanol–water partition coefficient (Wildman–Crippen LogP) is 5.00. The first-order valence-corrected chi connectivity index (χ1v) is 8.92. The Labute approximate surface area is 172 Å². The van der Waals surface area contributed by atoms with Crippen molar-refractivity contribution < 1.29 is 19.1 Å². The summed E-state index contributed by atoms with van der Waals surface area (Å²) in [7, 11) is 2.87. The highest BCUT2D eigenvalue weighted by molar-refractivity contribution is 6.33. The van der Waals surface area contributed by atoms with E-state index in [0.717, 1.165) is 5.56 Å². The molecule has 1 unspecified atom stereocenters. The molecule has 148 valence electrons. The molecule has 2 rings (SSSR count). The number of anilines is 1. The van der Waals surface area contributed by atoms with Crippen molar-refractivity contribution in [3.8, 4) is 11.5 Å². The molecule has 0 aromatic heterocycles. The van der Waals surface area contributed by atoms with Gasteiger partial charge in [0.15, 0.2) is 5.78 Å². The van der Waals surface area contributed by atoms with Gasteiger partial charge in [0.05, 0.1) is 19.2 Å². The Morgan fingerprint density at radius 1 is 1.07 bits per heavy atom. The molecule has 28 heavy (non-hydrogen) atoms. The van der Waals surface area contributed by atoms with Gasteiger partial charge in [0.1, 0.15) is 22.2 Å². The average Bonchev–Trinajstić information content (AvgIpc) is 2.65. The van der Waals surface area contributed by atoms with Crippen molar-refractivity contribution in [3.05, 3.63) is 45.9 Å². The van der Waals surface area contributed by atoms with Gasteiger partial charge in [-0.25, -0.2) is 0 Å². The van der Waals surface area contributed by atoms with Crippen LogP contribution in [0.25, 0.3) is 0 Å². The molecule has 0 aliphatic heterocycles. The van der Waals surface area contributed by atoms with Crippen LogP contribution in [0.2, 0.25) is 10.0 Å². The van der Waals surface area contributed by atoms with Crippen molar-refractivity contribution in [2.45, 2.75) is 19.9 Å². The van der Waals surface area contributed by atoms with E-state index in [0.29, 0.717) is 27.9 Å². The van der Waals surface area contributed by atoms with E-state index < -0.39 is 17.7 Å². The lowest BCUT2D eigenvalue weighted by molar-refractivity contribution is -0.126. The number of azo groups is 1. The van der Waals surface area contributed by atoms with E-state index in [1.807, 2.05) is 13.0 Å². The Bertz CT molecular complexity index is 906. The van der Waals surface area contributed by atoms with Crippen LogP contribution in [0.1, 0.15) is 12.5 Å². The standard InChI is InChI=1S/C19H19Cl2N3O4/c1-10-5-6-13(20)14(7-10)23-24-18(11(2)25)19(26)22-12-8-15(27-3)17(21)16(9-12)28-4/h5-9,18H,1-4H3,(H,22,26). The number of nitrogens with zero attached hydrogens (tertiary/aromatic N) is 2. The Balaban J connectivity index is 2.28. The van der Waals surface area contributed by atoms with Gasteiger partial charge in [-0.05, 0) is 31.5 Å². The number of hydrogen-bond donors (Lipinski definition) is 1. The molecule has 1 N–H and O–H groups in total. The highest BCUT2D eigenvalue weighted by Crippen LogP contribution is 2.37. The number of benzene rings is 2. The van der Waals surface area contributed by atoms with E-state index in [1.54, 1.807) is 12.1 Å². The second-order valence-corrected chi connectivity index (χ2v) is 6.65. The number of hydrogen-bond acceptors (Lipinski definition) is 6. The molecule has 2 aromatic carbocycles. The first-order valence-electron chi connectivity index (χ1n) is 8.16. The number of amides is 1. The van der Waals surface area contributed by atoms with Gasteiger partial charge in [0.2, 0.25) is 6.04 Å². The molecule has 0 radical (unpaired) electrons. The van der Waals surface area contributed by atoms with Crippen molar-refractivity contribution in [3.63, 3.8) is 0 Å². The van der Waals surface area contributed by atoms with Crippen molar-refractivity contribution in [1.82, 2.24) is 0 Å². The number of aryl methyl sites for hydroxylation is 1. The van der Waals surface area contributed by atoms with Gasteiger partial charge in [0.25, 0.3) is 5.91 Å². The summed E-state index contributed by atoms with van der Waals surface area (Å²) in [5.74, 6) is -0.517. The summed E-state index contributed by atoms with van der Waals surface area (Å²) < 4.78 is 10.3. The summed E-state index contributed by atoms with van der Waals surface area (Å²) in [6.07, 6.45) is 0. The van der Waals surface area contributed by atoms with Crippen LogP contribution in [0, 0.1) is 6.92 Å². The number of methoxy groups -OCH3 is 2. The Morgan fingerprint density at radius 2 is 1.68 bits per heavy atom. The molecule has 1 atom stereocenters. The second kappa shape index (κ2) is 9.52. The summed E-state index contributed by atoms with van der Waals surface area (Å²) in [4.78, 5) is 24.5. The molecule has 0 spiro atoms. The van der Waals surface area contributed by atoms with Crippen molar-refractivity contribution >= 4 is 46.3 Å². The van der Waals surface area contributed by atoms with Gasteiger partial charge in [-0.1, -0.05) is 29.3 Å². The minimum atomic E-state index is -1.34. The zero-order valence-electron chi connectivity index (χ0n) is 15.7. The average molecular weight is 424 g/mol. The largest absolute Gasteiger partial charge is 0.495 e. The maximum absolute atomic E-state index is 12.6. The smallest absolute Gasteiger partial charge is 0.258 e. The lowest BCUT2D eigenvalue weighted by Crippen LogP contribution is -2.31. The maximum atomic E-state index is 12.6. The number of ketones is 1. The van der Waals surface area contributed by atoms with Gasteiger partial charge in [0, 0.05) is 17.8 Å². The molecular weight excluding hydrogens is 405 g/mol. The van der Waals surface area contributed by atoms with Crippen LogP contribution < -0.4 is 14.8 Å². The highest BCUT2D eigenvalue weighted by Gasteiger charge is 2.24. The zero-order chi connectivity index (χ0) is 20.8. The number of carbonyl (C=O) groups excluding carboxylic acids is 2. The third-order valence-corrected chi connectivity index (χ3v) is 4.42. The van der Waals surface area contributed by atoms with Gasteiger partial charge in [-0.3, -0.25) is 9.59 Å². The van der Waals surface area contributed by atoms with Crippen LogP contribution in [-0.2, 0) is 9.59 Å². The van der Waals surface area contributed by atoms with Crippen molar-refractivity contribution in [2.75, 3.05) is 19.5 Å². The highest BCUT2D eigenvalue weighted by atomic mass is 35.5. The molecule has 2 aromatic rings. The Hall–Kier alpha value is -2.64. The van der Waals surface area contributed by atoms with Crippen molar-refractivity contribution in [1.29, 1.82) is 0 Å². The number of ether oxygens (including phenoxy) is 2. The topological polar surface area (TPSA) is 89.4 Å². The minimum Gasteiger partial charge on any atom is -0.495 e. The van der Waals surface area contributed by atoms with Gasteiger partial charge >= 0.3 is 0 Å². The number of carbonyl (C=O) groups is 2. The van der Waals surface area contributed by atoms with E-state index in [-0.39, 0.29) is 5.02 Å². The fourth-order valence-electron chi connectivity index (χ4n) is 2.29. The first-order chi connectivity index (χ1) is 13.3. The third kappa shape index (κ3) is 5.21. The monoisotopic (exact) mass is 423 g/mol. The summed E-state index contributed by atoms with van der Waals surface area (Å²) >= 11 is 12.2. The fraction of sp³-hybridized carbons (Fsp3) is 0.263. The van der Waals surface area contributed by atoms with Gasteiger partial charge in [-0.2, -0.15) is 10.2 Å². The zero-order valence-corrected chi connectivity index (χ0v) is 17.3. The van der Waals surface area contributed by atoms with Crippen LogP contribution in [0.4, 0.5) is 11.4 Å². The van der Waals surface area contributed by atoms with E-state index in [4.69, 9.17) is 32.7 Å². The molecule has 0 aliphatic rings. The minimum absolute atomic E-state index is 0.264. The molecule has 0 fully saturated rings. The Kier molecular flexibility index (Phi) is 7.37. The van der Waals surface area contributed by atoms with E-state index in [9.17, 15) is 9.59 Å². The maximum Gasteiger partial charge on any atom is 0.258 e. The summed E-state index contributed by atoms with van der Waals surface area (Å²) in [6.45, 7) is 3.12. The third-order valence-electron chi connectivity index (χ3n) is 3.73. The molecule has 7 nitrogen and oxygen atoms in total. The number of nitrogens with one attached hydrogen (secondary N) is 1. The fourth-order valence-corrected chi connectivity index (χ4v) is 2.71. The molecule has 0 aliphatic carbocycles.